The van der Waals surface area contributed by atoms with Gasteiger partial charge in [-0.25, -0.2) is 8.42 Å². The predicted molar refractivity (Wildman–Crippen MR) is 113 cm³/mol. The number of nitrogens with one attached hydrogen (secondary N) is 2. The largest absolute Gasteiger partial charge is 0.496 e. The zero-order chi connectivity index (χ0) is 20.9. The van der Waals surface area contributed by atoms with Crippen molar-refractivity contribution in [2.24, 2.45) is 0 Å². The number of sulfonamides is 1. The molecule has 7 heteroatoms. The van der Waals surface area contributed by atoms with E-state index in [4.69, 9.17) is 4.74 Å². The second-order valence-electron chi connectivity index (χ2n) is 7.20. The summed E-state index contributed by atoms with van der Waals surface area (Å²) in [4.78, 5) is 12.5. The monoisotopic (exact) mass is 416 g/mol. The summed E-state index contributed by atoms with van der Waals surface area (Å²) in [7, 11) is -2.30. The first-order valence-corrected chi connectivity index (χ1v) is 11.5. The minimum Gasteiger partial charge on any atom is -0.496 e. The number of hydrogen-bond acceptors (Lipinski definition) is 4. The highest BCUT2D eigenvalue weighted by Crippen LogP contribution is 2.38. The van der Waals surface area contributed by atoms with Gasteiger partial charge in [-0.2, -0.15) is 4.72 Å². The van der Waals surface area contributed by atoms with Crippen LogP contribution in [-0.4, -0.2) is 34.0 Å². The molecule has 0 unspecified atom stereocenters. The lowest BCUT2D eigenvalue weighted by atomic mass is 9.95. The van der Waals surface area contributed by atoms with Gasteiger partial charge in [0.15, 0.2) is 0 Å². The summed E-state index contributed by atoms with van der Waals surface area (Å²) in [6.07, 6.45) is 3.50. The SMILES string of the molecule is CCCc1c(S(=O)(=O)N[C@@H]2CCCCNC2=O)ccc(OC)c1-c1ccccc1. The van der Waals surface area contributed by atoms with Crippen LogP contribution in [0.15, 0.2) is 47.4 Å². The van der Waals surface area contributed by atoms with Crippen molar-refractivity contribution in [2.75, 3.05) is 13.7 Å². The van der Waals surface area contributed by atoms with E-state index in [1.54, 1.807) is 19.2 Å². The molecule has 1 amide bonds. The van der Waals surface area contributed by atoms with Crippen LogP contribution in [0.3, 0.4) is 0 Å². The Labute approximate surface area is 172 Å². The summed E-state index contributed by atoms with van der Waals surface area (Å²) in [5.74, 6) is 0.366. The van der Waals surface area contributed by atoms with Crippen LogP contribution in [0.5, 0.6) is 5.75 Å². The standard InChI is InChI=1S/C22H28N2O4S/c1-3-9-17-20(29(26,27)24-18-12-7-8-15-23-22(18)25)14-13-19(28-2)21(17)16-10-5-4-6-11-16/h4-6,10-11,13-14,18,24H,3,7-9,12,15H2,1-2H3,(H,23,25)/t18-/m1/s1. The Balaban J connectivity index is 2.09. The molecule has 156 valence electrons. The van der Waals surface area contributed by atoms with E-state index in [2.05, 4.69) is 10.0 Å². The Kier molecular flexibility index (Phi) is 6.92. The lowest BCUT2D eigenvalue weighted by molar-refractivity contribution is -0.122. The van der Waals surface area contributed by atoms with Crippen LogP contribution in [0.4, 0.5) is 0 Å². The molecule has 0 spiro atoms. The maximum atomic E-state index is 13.3. The van der Waals surface area contributed by atoms with Crippen LogP contribution in [-0.2, 0) is 21.2 Å². The fraction of sp³-hybridized carbons (Fsp3) is 0.409. The molecule has 1 fully saturated rings. The van der Waals surface area contributed by atoms with Crippen LogP contribution in [0.2, 0.25) is 0 Å². The summed E-state index contributed by atoms with van der Waals surface area (Å²) in [5.41, 5.74) is 2.39. The van der Waals surface area contributed by atoms with Crippen molar-refractivity contribution in [1.29, 1.82) is 0 Å². The molecule has 2 aromatic rings. The van der Waals surface area contributed by atoms with Gasteiger partial charge in [0.2, 0.25) is 15.9 Å². The third kappa shape index (κ3) is 4.79. The second kappa shape index (κ2) is 9.41. The lowest BCUT2D eigenvalue weighted by Gasteiger charge is -2.21. The van der Waals surface area contributed by atoms with E-state index in [9.17, 15) is 13.2 Å². The van der Waals surface area contributed by atoms with Gasteiger partial charge in [-0.1, -0.05) is 43.7 Å². The topological polar surface area (TPSA) is 84.5 Å². The third-order valence-electron chi connectivity index (χ3n) is 5.14. The van der Waals surface area contributed by atoms with Crippen LogP contribution in [0, 0.1) is 0 Å². The molecule has 1 heterocycles. The number of amides is 1. The summed E-state index contributed by atoms with van der Waals surface area (Å²) in [6, 6.07) is 12.1. The zero-order valence-corrected chi connectivity index (χ0v) is 17.7. The number of rotatable bonds is 7. The van der Waals surface area contributed by atoms with Gasteiger partial charge in [0, 0.05) is 12.1 Å². The predicted octanol–water partition coefficient (Wildman–Crippen LogP) is 3.26. The highest BCUT2D eigenvalue weighted by atomic mass is 32.2. The third-order valence-corrected chi connectivity index (χ3v) is 6.69. The molecule has 0 aromatic heterocycles. The molecule has 3 rings (SSSR count). The number of hydrogen-bond donors (Lipinski definition) is 2. The molecule has 0 saturated carbocycles. The quantitative estimate of drug-likeness (QED) is 0.726. The van der Waals surface area contributed by atoms with E-state index < -0.39 is 16.1 Å². The summed E-state index contributed by atoms with van der Waals surface area (Å²) in [5, 5.41) is 2.78. The molecule has 2 aromatic carbocycles. The Morgan fingerprint density at radius 2 is 1.90 bits per heavy atom. The van der Waals surface area contributed by atoms with Crippen molar-refractivity contribution in [1.82, 2.24) is 10.0 Å². The molecule has 1 saturated heterocycles. The van der Waals surface area contributed by atoms with Crippen molar-refractivity contribution in [3.05, 3.63) is 48.0 Å². The van der Waals surface area contributed by atoms with Gasteiger partial charge >= 0.3 is 0 Å². The number of carbonyl (C=O) groups excluding carboxylic acids is 1. The van der Waals surface area contributed by atoms with E-state index in [-0.39, 0.29) is 10.8 Å². The highest BCUT2D eigenvalue weighted by molar-refractivity contribution is 7.89. The van der Waals surface area contributed by atoms with E-state index in [0.29, 0.717) is 30.7 Å². The summed E-state index contributed by atoms with van der Waals surface area (Å²) in [6.45, 7) is 2.59. The van der Waals surface area contributed by atoms with E-state index in [1.165, 1.54) is 0 Å². The smallest absolute Gasteiger partial charge is 0.241 e. The van der Waals surface area contributed by atoms with E-state index in [0.717, 1.165) is 30.4 Å². The molecule has 0 bridgehead atoms. The van der Waals surface area contributed by atoms with Crippen molar-refractivity contribution < 1.29 is 17.9 Å². The minimum absolute atomic E-state index is 0.205. The number of methoxy groups -OCH3 is 1. The number of ether oxygens (including phenoxy) is 1. The van der Waals surface area contributed by atoms with Gasteiger partial charge in [-0.05, 0) is 48.9 Å². The first kappa shape index (κ1) is 21.3. The summed E-state index contributed by atoms with van der Waals surface area (Å²) >= 11 is 0. The first-order chi connectivity index (χ1) is 14.0. The Morgan fingerprint density at radius 3 is 2.59 bits per heavy atom. The van der Waals surface area contributed by atoms with Gasteiger partial charge in [0.1, 0.15) is 11.8 Å². The second-order valence-corrected chi connectivity index (χ2v) is 8.88. The van der Waals surface area contributed by atoms with E-state index in [1.807, 2.05) is 37.3 Å². The molecule has 0 radical (unpaired) electrons. The van der Waals surface area contributed by atoms with Gasteiger partial charge in [0.05, 0.1) is 12.0 Å². The van der Waals surface area contributed by atoms with Crippen LogP contribution < -0.4 is 14.8 Å². The van der Waals surface area contributed by atoms with Crippen molar-refractivity contribution in [3.8, 4) is 16.9 Å². The van der Waals surface area contributed by atoms with Crippen LogP contribution in [0.1, 0.15) is 38.2 Å². The lowest BCUT2D eigenvalue weighted by Crippen LogP contribution is -2.45. The number of carbonyl (C=O) groups is 1. The van der Waals surface area contributed by atoms with Gasteiger partial charge in [-0.3, -0.25) is 4.79 Å². The Hall–Kier alpha value is -2.38. The molecular formula is C22H28N2O4S. The van der Waals surface area contributed by atoms with Crippen molar-refractivity contribution >= 4 is 15.9 Å². The molecule has 0 aliphatic carbocycles. The maximum absolute atomic E-state index is 13.3. The molecule has 1 aliphatic rings. The number of benzene rings is 2. The Morgan fingerprint density at radius 1 is 1.14 bits per heavy atom. The molecule has 1 atom stereocenters. The first-order valence-electron chi connectivity index (χ1n) is 10.0. The van der Waals surface area contributed by atoms with E-state index >= 15 is 0 Å². The fourth-order valence-corrected chi connectivity index (χ4v) is 5.25. The average molecular weight is 417 g/mol. The molecule has 29 heavy (non-hydrogen) atoms. The van der Waals surface area contributed by atoms with Crippen molar-refractivity contribution in [2.45, 2.75) is 50.0 Å². The van der Waals surface area contributed by atoms with Gasteiger partial charge in [0.25, 0.3) is 0 Å². The molecule has 2 N–H and O–H groups in total. The molecule has 1 aliphatic heterocycles. The van der Waals surface area contributed by atoms with Crippen LogP contribution in [0.25, 0.3) is 11.1 Å². The van der Waals surface area contributed by atoms with Crippen molar-refractivity contribution in [3.63, 3.8) is 0 Å². The fourth-order valence-electron chi connectivity index (χ4n) is 3.75. The van der Waals surface area contributed by atoms with Gasteiger partial charge in [-0.15, -0.1) is 0 Å². The summed E-state index contributed by atoms with van der Waals surface area (Å²) < 4.78 is 34.8. The normalized spacial score (nSPS) is 17.4. The average Bonchev–Trinajstić information content (AvgIpc) is 2.92. The maximum Gasteiger partial charge on any atom is 0.241 e. The Bertz CT molecular complexity index is 958. The van der Waals surface area contributed by atoms with Gasteiger partial charge < -0.3 is 10.1 Å². The minimum atomic E-state index is -3.88. The molecule has 6 nitrogen and oxygen atoms in total. The molecular weight excluding hydrogens is 388 g/mol. The zero-order valence-electron chi connectivity index (χ0n) is 16.9. The highest BCUT2D eigenvalue weighted by Gasteiger charge is 2.29. The van der Waals surface area contributed by atoms with Crippen LogP contribution >= 0.6 is 0 Å².